The van der Waals surface area contributed by atoms with Gasteiger partial charge in [0.15, 0.2) is 0 Å². The maximum absolute atomic E-state index is 12.6. The number of nitrogens with one attached hydrogen (secondary N) is 2. The summed E-state index contributed by atoms with van der Waals surface area (Å²) in [5.41, 5.74) is 1.81. The van der Waals surface area contributed by atoms with Gasteiger partial charge in [0.2, 0.25) is 11.8 Å². The summed E-state index contributed by atoms with van der Waals surface area (Å²) in [6.45, 7) is 3.31. The fourth-order valence-electron chi connectivity index (χ4n) is 3.80. The zero-order valence-electron chi connectivity index (χ0n) is 22.2. The molecule has 0 bridgehead atoms. The fourth-order valence-corrected chi connectivity index (χ4v) is 3.80. The van der Waals surface area contributed by atoms with E-state index in [1.807, 2.05) is 30.3 Å². The molecule has 0 aliphatic heterocycles. The van der Waals surface area contributed by atoms with Crippen molar-refractivity contribution < 1.29 is 29.0 Å². The molecule has 3 aromatic rings. The molecule has 0 spiro atoms. The highest BCUT2D eigenvalue weighted by Gasteiger charge is 2.26. The summed E-state index contributed by atoms with van der Waals surface area (Å²) in [4.78, 5) is 36.5. The van der Waals surface area contributed by atoms with Crippen molar-refractivity contribution in [3.05, 3.63) is 84.4 Å². The molecule has 8 heteroatoms. The van der Waals surface area contributed by atoms with Crippen LogP contribution in [-0.4, -0.2) is 36.1 Å². The Morgan fingerprint density at radius 2 is 1.38 bits per heavy atom. The number of rotatable bonds is 16. The molecule has 0 aromatic heterocycles. The van der Waals surface area contributed by atoms with Gasteiger partial charge in [-0.2, -0.15) is 0 Å². The van der Waals surface area contributed by atoms with Crippen LogP contribution in [0.1, 0.15) is 44.6 Å². The molecule has 206 valence electrons. The van der Waals surface area contributed by atoms with E-state index in [2.05, 4.69) is 17.6 Å². The number of aliphatic carboxylic acids is 1. The van der Waals surface area contributed by atoms with Crippen molar-refractivity contribution in [3.8, 4) is 11.5 Å². The number of benzene rings is 3. The molecule has 1 atom stereocenters. The van der Waals surface area contributed by atoms with Gasteiger partial charge in [0.25, 0.3) is 0 Å². The highest BCUT2D eigenvalue weighted by Crippen LogP contribution is 2.20. The van der Waals surface area contributed by atoms with Crippen LogP contribution in [0, 0.1) is 5.92 Å². The molecule has 0 aliphatic carbocycles. The molecule has 8 nitrogen and oxygen atoms in total. The summed E-state index contributed by atoms with van der Waals surface area (Å²) in [5.74, 6) is -1.57. The monoisotopic (exact) mass is 532 g/mol. The van der Waals surface area contributed by atoms with Gasteiger partial charge >= 0.3 is 5.97 Å². The lowest BCUT2D eigenvalue weighted by Crippen LogP contribution is -2.31. The smallest absolute Gasteiger partial charge is 0.316 e. The first-order valence-electron chi connectivity index (χ1n) is 13.3. The molecular formula is C31H36N2O6. The van der Waals surface area contributed by atoms with Gasteiger partial charge < -0.3 is 25.2 Å². The summed E-state index contributed by atoms with van der Waals surface area (Å²) in [7, 11) is 0. The van der Waals surface area contributed by atoms with Gasteiger partial charge in [-0.1, -0.05) is 49.7 Å². The number of carbonyl (C=O) groups is 3. The van der Waals surface area contributed by atoms with Gasteiger partial charge in [0, 0.05) is 23.9 Å². The third kappa shape index (κ3) is 10.5. The lowest BCUT2D eigenvalue weighted by atomic mass is 9.98. The van der Waals surface area contributed by atoms with Gasteiger partial charge in [-0.25, -0.2) is 0 Å². The van der Waals surface area contributed by atoms with Crippen molar-refractivity contribution in [3.63, 3.8) is 0 Å². The largest absolute Gasteiger partial charge is 0.493 e. The SMILES string of the molecule is CCCCOc1cccc(OCCCCC(=O)Nc2ccc(NC(=O)C(Cc3ccccc3)C(=O)O)cc2)c1. The van der Waals surface area contributed by atoms with Crippen LogP contribution in [0.3, 0.4) is 0 Å². The highest BCUT2D eigenvalue weighted by atomic mass is 16.5. The number of unbranched alkanes of at least 4 members (excludes halogenated alkanes) is 2. The standard InChI is InChI=1S/C31H36N2O6/c1-2-3-19-38-26-12-9-13-27(22-26)39-20-8-7-14-29(34)32-24-15-17-25(18-16-24)33-30(35)28(31(36)37)21-23-10-5-4-6-11-23/h4-6,9-13,15-18,22,28H,2-3,7-8,14,19-21H2,1H3,(H,32,34)(H,33,35)(H,36,37). The first-order chi connectivity index (χ1) is 18.9. The molecule has 0 heterocycles. The van der Waals surface area contributed by atoms with E-state index in [0.717, 1.165) is 36.3 Å². The Morgan fingerprint density at radius 1 is 0.769 bits per heavy atom. The first kappa shape index (κ1) is 29.2. The zero-order chi connectivity index (χ0) is 27.9. The van der Waals surface area contributed by atoms with E-state index in [9.17, 15) is 19.5 Å². The maximum Gasteiger partial charge on any atom is 0.316 e. The summed E-state index contributed by atoms with van der Waals surface area (Å²) >= 11 is 0. The lowest BCUT2D eigenvalue weighted by Gasteiger charge is -2.13. The van der Waals surface area contributed by atoms with E-state index in [1.54, 1.807) is 48.5 Å². The van der Waals surface area contributed by atoms with E-state index in [0.29, 0.717) is 37.4 Å². The Morgan fingerprint density at radius 3 is 2.00 bits per heavy atom. The predicted octanol–water partition coefficient (Wildman–Crippen LogP) is 5.94. The Hall–Kier alpha value is -4.33. The lowest BCUT2D eigenvalue weighted by molar-refractivity contribution is -0.145. The van der Waals surface area contributed by atoms with Gasteiger partial charge in [-0.15, -0.1) is 0 Å². The minimum absolute atomic E-state index is 0.0983. The first-order valence-corrected chi connectivity index (χ1v) is 13.3. The predicted molar refractivity (Wildman–Crippen MR) is 151 cm³/mol. The summed E-state index contributed by atoms with van der Waals surface area (Å²) in [5, 5.41) is 15.0. The average Bonchev–Trinajstić information content (AvgIpc) is 2.93. The quantitative estimate of drug-likeness (QED) is 0.156. The van der Waals surface area contributed by atoms with Crippen molar-refractivity contribution in [2.45, 2.75) is 45.4 Å². The summed E-state index contributed by atoms with van der Waals surface area (Å²) in [6.07, 6.45) is 3.94. The number of ether oxygens (including phenoxy) is 2. The number of hydrogen-bond donors (Lipinski definition) is 3. The Balaban J connectivity index is 1.37. The molecule has 3 rings (SSSR count). The third-order valence-electron chi connectivity index (χ3n) is 5.97. The second kappa shape index (κ2) is 15.8. The molecule has 0 saturated heterocycles. The van der Waals surface area contributed by atoms with Crippen LogP contribution in [0.25, 0.3) is 0 Å². The van der Waals surface area contributed by atoms with Crippen LogP contribution in [0.4, 0.5) is 11.4 Å². The molecule has 1 unspecified atom stereocenters. The van der Waals surface area contributed by atoms with E-state index < -0.39 is 17.8 Å². The molecule has 3 aromatic carbocycles. The molecule has 2 amide bonds. The maximum atomic E-state index is 12.6. The highest BCUT2D eigenvalue weighted by molar-refractivity contribution is 6.04. The van der Waals surface area contributed by atoms with Crippen molar-refractivity contribution in [1.82, 2.24) is 0 Å². The summed E-state index contributed by atoms with van der Waals surface area (Å²) < 4.78 is 11.5. The van der Waals surface area contributed by atoms with E-state index in [-0.39, 0.29) is 12.3 Å². The minimum Gasteiger partial charge on any atom is -0.493 e. The molecule has 0 aliphatic rings. The fraction of sp³-hybridized carbons (Fsp3) is 0.323. The Bertz CT molecular complexity index is 1200. The topological polar surface area (TPSA) is 114 Å². The van der Waals surface area contributed by atoms with E-state index in [1.165, 1.54) is 0 Å². The molecule has 0 saturated carbocycles. The number of anilines is 2. The number of carbonyl (C=O) groups excluding carboxylic acids is 2. The second-order valence-electron chi connectivity index (χ2n) is 9.18. The summed E-state index contributed by atoms with van der Waals surface area (Å²) in [6, 6.07) is 23.2. The van der Waals surface area contributed by atoms with Crippen LogP contribution < -0.4 is 20.1 Å². The second-order valence-corrected chi connectivity index (χ2v) is 9.18. The van der Waals surface area contributed by atoms with Crippen molar-refractivity contribution in [2.75, 3.05) is 23.8 Å². The number of amides is 2. The van der Waals surface area contributed by atoms with Crippen LogP contribution in [0.15, 0.2) is 78.9 Å². The minimum atomic E-state index is -1.21. The Kier molecular flexibility index (Phi) is 11.9. The van der Waals surface area contributed by atoms with Gasteiger partial charge in [-0.3, -0.25) is 14.4 Å². The van der Waals surface area contributed by atoms with Crippen LogP contribution in [0.5, 0.6) is 11.5 Å². The van der Waals surface area contributed by atoms with E-state index >= 15 is 0 Å². The van der Waals surface area contributed by atoms with Crippen molar-refractivity contribution >= 4 is 29.2 Å². The van der Waals surface area contributed by atoms with Crippen LogP contribution in [-0.2, 0) is 20.8 Å². The normalized spacial score (nSPS) is 11.3. The third-order valence-corrected chi connectivity index (χ3v) is 5.97. The van der Waals surface area contributed by atoms with Crippen molar-refractivity contribution in [1.29, 1.82) is 0 Å². The van der Waals surface area contributed by atoms with Gasteiger partial charge in [0.1, 0.15) is 17.4 Å². The molecule has 39 heavy (non-hydrogen) atoms. The molecule has 0 fully saturated rings. The van der Waals surface area contributed by atoms with Crippen LogP contribution in [0.2, 0.25) is 0 Å². The molecule has 0 radical (unpaired) electrons. The number of carboxylic acid groups (broad SMARTS) is 1. The average molecular weight is 533 g/mol. The molecular weight excluding hydrogens is 496 g/mol. The zero-order valence-corrected chi connectivity index (χ0v) is 22.2. The Labute approximate surface area is 229 Å². The number of carboxylic acids is 1. The molecule has 3 N–H and O–H groups in total. The van der Waals surface area contributed by atoms with E-state index in [4.69, 9.17) is 9.47 Å². The van der Waals surface area contributed by atoms with Gasteiger partial charge in [-0.05, 0) is 67.6 Å². The van der Waals surface area contributed by atoms with Crippen molar-refractivity contribution in [2.24, 2.45) is 5.92 Å². The number of hydrogen-bond acceptors (Lipinski definition) is 5. The van der Waals surface area contributed by atoms with Crippen LogP contribution >= 0.6 is 0 Å². The van der Waals surface area contributed by atoms with Gasteiger partial charge in [0.05, 0.1) is 13.2 Å².